The van der Waals surface area contributed by atoms with Crippen molar-refractivity contribution in [3.63, 3.8) is 0 Å². The van der Waals surface area contributed by atoms with Crippen LogP contribution in [0, 0.1) is 5.82 Å². The minimum absolute atomic E-state index is 0.134. The van der Waals surface area contributed by atoms with Crippen LogP contribution in [0.5, 0.6) is 0 Å². The Hall–Kier alpha value is -2.91. The van der Waals surface area contributed by atoms with Crippen molar-refractivity contribution in [2.45, 2.75) is 50.9 Å². The van der Waals surface area contributed by atoms with E-state index in [9.17, 15) is 35.5 Å². The van der Waals surface area contributed by atoms with E-state index in [1.807, 2.05) is 0 Å². The lowest BCUT2D eigenvalue weighted by Crippen LogP contribution is -2.53. The summed E-state index contributed by atoms with van der Waals surface area (Å²) in [4.78, 5) is 21.7. The maximum atomic E-state index is 14.9. The SMILES string of the molecule is C[C@@H]1COCCN1c1nc2n(c(=O)c1F)CC[C@@H](C(F)(F)F)N2Cc1nc(C(F)(F)F)no1. The molecule has 0 bridgehead atoms. The zero-order valence-electron chi connectivity index (χ0n) is 17.0. The number of anilines is 2. The van der Waals surface area contributed by atoms with Gasteiger partial charge in [0.2, 0.25) is 17.7 Å². The van der Waals surface area contributed by atoms with Crippen molar-refractivity contribution in [2.24, 2.45) is 0 Å². The van der Waals surface area contributed by atoms with Crippen molar-refractivity contribution in [2.75, 3.05) is 29.6 Å². The number of rotatable bonds is 3. The molecule has 0 N–H and O–H groups in total. The number of fused-ring (bicyclic) bond motifs is 1. The van der Waals surface area contributed by atoms with Gasteiger partial charge < -0.3 is 19.1 Å². The molecule has 2 aliphatic heterocycles. The lowest BCUT2D eigenvalue weighted by Gasteiger charge is -2.40. The van der Waals surface area contributed by atoms with Crippen molar-refractivity contribution in [1.82, 2.24) is 19.7 Å². The predicted molar refractivity (Wildman–Crippen MR) is 96.0 cm³/mol. The highest BCUT2D eigenvalue weighted by Crippen LogP contribution is 2.36. The Morgan fingerprint density at radius 2 is 1.85 bits per heavy atom. The second-order valence-electron chi connectivity index (χ2n) is 7.61. The number of halogens is 7. The molecule has 0 aliphatic carbocycles. The first-order chi connectivity index (χ1) is 15.4. The smallest absolute Gasteiger partial charge is 0.377 e. The number of morpholine rings is 1. The molecule has 0 unspecified atom stereocenters. The predicted octanol–water partition coefficient (Wildman–Crippen LogP) is 2.35. The Morgan fingerprint density at radius 3 is 2.45 bits per heavy atom. The molecule has 0 radical (unpaired) electrons. The van der Waals surface area contributed by atoms with Crippen molar-refractivity contribution in [1.29, 1.82) is 0 Å². The average molecular weight is 486 g/mol. The molecule has 0 aromatic carbocycles. The van der Waals surface area contributed by atoms with E-state index >= 15 is 0 Å². The molecule has 0 amide bonds. The largest absolute Gasteiger partial charge is 0.455 e. The fourth-order valence-electron chi connectivity index (χ4n) is 3.81. The number of hydrogen-bond donors (Lipinski definition) is 0. The Bertz CT molecular complexity index is 1080. The van der Waals surface area contributed by atoms with Gasteiger partial charge in [0.05, 0.1) is 19.3 Å². The van der Waals surface area contributed by atoms with Gasteiger partial charge in [-0.3, -0.25) is 9.36 Å². The fourth-order valence-corrected chi connectivity index (χ4v) is 3.81. The van der Waals surface area contributed by atoms with Crippen LogP contribution in [0.25, 0.3) is 0 Å². The molecule has 4 heterocycles. The van der Waals surface area contributed by atoms with Gasteiger partial charge in [-0.2, -0.15) is 40.7 Å². The second kappa shape index (κ2) is 8.14. The van der Waals surface area contributed by atoms with E-state index in [-0.39, 0.29) is 19.8 Å². The minimum Gasteiger partial charge on any atom is -0.377 e. The third-order valence-electron chi connectivity index (χ3n) is 5.38. The monoisotopic (exact) mass is 486 g/mol. The van der Waals surface area contributed by atoms with E-state index in [0.717, 1.165) is 0 Å². The number of alkyl halides is 6. The summed E-state index contributed by atoms with van der Waals surface area (Å²) < 4.78 is 105. The minimum atomic E-state index is -4.97. The van der Waals surface area contributed by atoms with Crippen LogP contribution >= 0.6 is 0 Å². The van der Waals surface area contributed by atoms with Gasteiger partial charge in [0.1, 0.15) is 12.6 Å². The van der Waals surface area contributed by atoms with Crippen LogP contribution in [-0.2, 0) is 24.0 Å². The summed E-state index contributed by atoms with van der Waals surface area (Å²) in [6.45, 7) is 0.733. The third-order valence-corrected chi connectivity index (χ3v) is 5.38. The van der Waals surface area contributed by atoms with Crippen molar-refractivity contribution in [3.05, 3.63) is 27.9 Å². The number of hydrogen-bond acceptors (Lipinski definition) is 8. The second-order valence-corrected chi connectivity index (χ2v) is 7.61. The topological polar surface area (TPSA) is 89.5 Å². The zero-order valence-corrected chi connectivity index (χ0v) is 17.0. The summed E-state index contributed by atoms with van der Waals surface area (Å²) in [7, 11) is 0. The summed E-state index contributed by atoms with van der Waals surface area (Å²) in [5, 5.41) is 2.74. The van der Waals surface area contributed by atoms with Gasteiger partial charge in [0, 0.05) is 13.1 Å². The molecule has 0 saturated carbocycles. The highest BCUT2D eigenvalue weighted by atomic mass is 19.4. The Balaban J connectivity index is 1.80. The zero-order chi connectivity index (χ0) is 24.1. The van der Waals surface area contributed by atoms with Gasteiger partial charge in [0.25, 0.3) is 11.4 Å². The lowest BCUT2D eigenvalue weighted by molar-refractivity contribution is -0.153. The molecule has 2 aliphatic rings. The molecule has 1 fully saturated rings. The molecular weight excluding hydrogens is 469 g/mol. The van der Waals surface area contributed by atoms with Gasteiger partial charge in [-0.05, 0) is 13.3 Å². The highest BCUT2D eigenvalue weighted by molar-refractivity contribution is 5.48. The molecule has 0 spiro atoms. The first kappa shape index (κ1) is 23.3. The summed E-state index contributed by atoms with van der Waals surface area (Å²) >= 11 is 0. The molecule has 2 atom stereocenters. The van der Waals surface area contributed by atoms with E-state index < -0.39 is 78.8 Å². The maximum absolute atomic E-state index is 14.9. The fraction of sp³-hybridized carbons (Fsp3) is 0.647. The van der Waals surface area contributed by atoms with E-state index in [1.54, 1.807) is 6.92 Å². The van der Waals surface area contributed by atoms with Crippen LogP contribution in [0.3, 0.4) is 0 Å². The first-order valence-electron chi connectivity index (χ1n) is 9.75. The van der Waals surface area contributed by atoms with Gasteiger partial charge in [-0.25, -0.2) is 0 Å². The Morgan fingerprint density at radius 1 is 1.12 bits per heavy atom. The van der Waals surface area contributed by atoms with Crippen molar-refractivity contribution in [3.8, 4) is 0 Å². The number of ether oxygens (including phenoxy) is 1. The van der Waals surface area contributed by atoms with E-state index in [2.05, 4.69) is 19.6 Å². The Kier molecular flexibility index (Phi) is 5.74. The first-order valence-corrected chi connectivity index (χ1v) is 9.75. The molecule has 33 heavy (non-hydrogen) atoms. The number of aromatic nitrogens is 4. The maximum Gasteiger partial charge on any atom is 0.455 e. The molecule has 1 saturated heterocycles. The molecule has 4 rings (SSSR count). The standard InChI is InChI=1S/C17H17F7N6O3/c1-8-7-32-5-4-28(8)12-11(18)13(31)29-3-2-9(16(19,20)21)30(15(29)26-12)6-10-25-14(27-33-10)17(22,23)24/h8-9H,2-7H2,1H3/t8-,9+/m1/s1. The molecular formula is C17H17F7N6O3. The van der Waals surface area contributed by atoms with E-state index in [0.29, 0.717) is 9.47 Å². The quantitative estimate of drug-likeness (QED) is 0.611. The van der Waals surface area contributed by atoms with E-state index in [1.165, 1.54) is 4.90 Å². The van der Waals surface area contributed by atoms with Crippen LogP contribution in [0.4, 0.5) is 42.5 Å². The van der Waals surface area contributed by atoms with Crippen LogP contribution in [0.1, 0.15) is 25.1 Å². The summed E-state index contributed by atoms with van der Waals surface area (Å²) in [5.74, 6) is -4.70. The molecule has 2 aromatic rings. The van der Waals surface area contributed by atoms with Gasteiger partial charge in [-0.15, -0.1) is 0 Å². The van der Waals surface area contributed by atoms with Gasteiger partial charge in [-0.1, -0.05) is 5.16 Å². The molecule has 9 nitrogen and oxygen atoms in total. The van der Waals surface area contributed by atoms with Crippen molar-refractivity contribution < 1.29 is 40.0 Å². The summed E-state index contributed by atoms with van der Waals surface area (Å²) in [5.41, 5.74) is -1.19. The number of nitrogens with zero attached hydrogens (tertiary/aromatic N) is 6. The van der Waals surface area contributed by atoms with Crippen LogP contribution in [-0.4, -0.2) is 57.7 Å². The highest BCUT2D eigenvalue weighted by Gasteiger charge is 2.48. The van der Waals surface area contributed by atoms with Gasteiger partial charge >= 0.3 is 12.4 Å². The lowest BCUT2D eigenvalue weighted by atomic mass is 10.1. The summed E-state index contributed by atoms with van der Waals surface area (Å²) in [6, 6.07) is -2.66. The third kappa shape index (κ3) is 4.35. The average Bonchev–Trinajstić information content (AvgIpc) is 3.20. The van der Waals surface area contributed by atoms with E-state index in [4.69, 9.17) is 4.74 Å². The molecule has 16 heteroatoms. The van der Waals surface area contributed by atoms with Crippen LogP contribution in [0.15, 0.2) is 9.32 Å². The normalized spacial score (nSPS) is 21.9. The molecule has 2 aromatic heterocycles. The summed E-state index contributed by atoms with van der Waals surface area (Å²) in [6.07, 6.45) is -10.5. The van der Waals surface area contributed by atoms with Crippen LogP contribution in [0.2, 0.25) is 0 Å². The molecule has 182 valence electrons. The van der Waals surface area contributed by atoms with Crippen molar-refractivity contribution >= 4 is 11.8 Å². The van der Waals surface area contributed by atoms with Gasteiger partial charge in [0.15, 0.2) is 5.82 Å². The van der Waals surface area contributed by atoms with Crippen LogP contribution < -0.4 is 15.4 Å². The Labute approximate surface area is 180 Å².